The summed E-state index contributed by atoms with van der Waals surface area (Å²) in [5, 5.41) is 0. The molecular weight excluding hydrogens is 150 g/mol. The van der Waals surface area contributed by atoms with E-state index in [1.807, 2.05) is 18.5 Å². The minimum absolute atomic E-state index is 0.154. The highest BCUT2D eigenvalue weighted by molar-refractivity contribution is 5.54. The van der Waals surface area contributed by atoms with E-state index in [-0.39, 0.29) is 5.92 Å². The van der Waals surface area contributed by atoms with Crippen molar-refractivity contribution in [2.75, 3.05) is 0 Å². The van der Waals surface area contributed by atoms with Crippen LogP contribution in [0, 0.1) is 11.8 Å². The predicted molar refractivity (Wildman–Crippen MR) is 48.9 cm³/mol. The second-order valence-electron chi connectivity index (χ2n) is 3.47. The normalized spacial score (nSPS) is 13.2. The molecule has 0 saturated heterocycles. The van der Waals surface area contributed by atoms with E-state index in [4.69, 9.17) is 0 Å². The Bertz CT molecular complexity index is 226. The summed E-state index contributed by atoms with van der Waals surface area (Å²) in [5.41, 5.74) is 1.21. The standard InChI is InChI=1S/C10H15NO/c1-8(2)10(7-12)5-9-3-4-11-6-9/h3-4,6-8,10-11H,5H2,1-2H3. The van der Waals surface area contributed by atoms with Gasteiger partial charge >= 0.3 is 0 Å². The minimum Gasteiger partial charge on any atom is -0.367 e. The first-order valence-electron chi connectivity index (χ1n) is 4.31. The number of carbonyl (C=O) groups excluding carboxylic acids is 1. The van der Waals surface area contributed by atoms with Crippen LogP contribution in [-0.4, -0.2) is 11.3 Å². The molecule has 1 N–H and O–H groups in total. The maximum Gasteiger partial charge on any atom is 0.123 e. The largest absolute Gasteiger partial charge is 0.367 e. The maximum absolute atomic E-state index is 10.7. The molecule has 2 nitrogen and oxygen atoms in total. The van der Waals surface area contributed by atoms with Gasteiger partial charge in [-0.3, -0.25) is 0 Å². The van der Waals surface area contributed by atoms with E-state index in [1.165, 1.54) is 5.56 Å². The zero-order chi connectivity index (χ0) is 8.97. The molecule has 1 heterocycles. The minimum atomic E-state index is 0.154. The number of aromatic amines is 1. The summed E-state index contributed by atoms with van der Waals surface area (Å²) in [5.74, 6) is 0.582. The molecule has 0 amide bonds. The van der Waals surface area contributed by atoms with Crippen LogP contribution in [0.1, 0.15) is 19.4 Å². The molecule has 66 valence electrons. The predicted octanol–water partition coefficient (Wildman–Crippen LogP) is 2.03. The summed E-state index contributed by atoms with van der Waals surface area (Å²) in [6.07, 6.45) is 5.73. The highest BCUT2D eigenvalue weighted by atomic mass is 16.1. The van der Waals surface area contributed by atoms with Crippen LogP contribution in [0.4, 0.5) is 0 Å². The van der Waals surface area contributed by atoms with E-state index in [0.29, 0.717) is 5.92 Å². The lowest BCUT2D eigenvalue weighted by Crippen LogP contribution is -2.12. The molecule has 1 atom stereocenters. The third-order valence-corrected chi connectivity index (χ3v) is 2.16. The van der Waals surface area contributed by atoms with Crippen LogP contribution in [0.15, 0.2) is 18.5 Å². The van der Waals surface area contributed by atoms with Gasteiger partial charge in [0.1, 0.15) is 6.29 Å². The lowest BCUT2D eigenvalue weighted by Gasteiger charge is -2.12. The van der Waals surface area contributed by atoms with Crippen LogP contribution in [-0.2, 0) is 11.2 Å². The molecule has 2 heteroatoms. The van der Waals surface area contributed by atoms with Crippen LogP contribution in [0.5, 0.6) is 0 Å². The lowest BCUT2D eigenvalue weighted by molar-refractivity contribution is -0.112. The van der Waals surface area contributed by atoms with Gasteiger partial charge in [-0.2, -0.15) is 0 Å². The van der Waals surface area contributed by atoms with Gasteiger partial charge in [0.05, 0.1) is 0 Å². The summed E-state index contributed by atoms with van der Waals surface area (Å²) in [6.45, 7) is 4.15. The van der Waals surface area contributed by atoms with E-state index in [2.05, 4.69) is 18.8 Å². The average Bonchev–Trinajstić information content (AvgIpc) is 2.51. The molecule has 0 aromatic carbocycles. The molecule has 0 aliphatic heterocycles. The fraction of sp³-hybridized carbons (Fsp3) is 0.500. The van der Waals surface area contributed by atoms with Crippen molar-refractivity contribution in [3.05, 3.63) is 24.0 Å². The Kier molecular flexibility index (Phi) is 3.09. The fourth-order valence-electron chi connectivity index (χ4n) is 1.20. The van der Waals surface area contributed by atoms with Crippen molar-refractivity contribution < 1.29 is 4.79 Å². The molecule has 0 radical (unpaired) electrons. The van der Waals surface area contributed by atoms with Crippen molar-refractivity contribution in [2.45, 2.75) is 20.3 Å². The number of aldehydes is 1. The summed E-state index contributed by atoms with van der Waals surface area (Å²) < 4.78 is 0. The van der Waals surface area contributed by atoms with E-state index in [9.17, 15) is 4.79 Å². The Balaban J connectivity index is 2.54. The zero-order valence-electron chi connectivity index (χ0n) is 7.58. The maximum atomic E-state index is 10.7. The third kappa shape index (κ3) is 2.22. The molecular formula is C10H15NO. The first-order valence-corrected chi connectivity index (χ1v) is 4.31. The summed E-state index contributed by atoms with van der Waals surface area (Å²) in [4.78, 5) is 13.6. The Hall–Kier alpha value is -1.05. The molecule has 0 fully saturated rings. The topological polar surface area (TPSA) is 32.9 Å². The van der Waals surface area contributed by atoms with Crippen molar-refractivity contribution in [1.82, 2.24) is 4.98 Å². The Morgan fingerprint density at radius 3 is 2.75 bits per heavy atom. The third-order valence-electron chi connectivity index (χ3n) is 2.16. The number of carbonyl (C=O) groups is 1. The van der Waals surface area contributed by atoms with Gasteiger partial charge in [-0.1, -0.05) is 13.8 Å². The lowest BCUT2D eigenvalue weighted by atomic mass is 9.92. The molecule has 1 unspecified atom stereocenters. The second-order valence-corrected chi connectivity index (χ2v) is 3.47. The molecule has 0 saturated carbocycles. The van der Waals surface area contributed by atoms with E-state index in [0.717, 1.165) is 12.7 Å². The molecule has 0 bridgehead atoms. The SMILES string of the molecule is CC(C)C(C=O)Cc1cc[nH]c1. The van der Waals surface area contributed by atoms with E-state index in [1.54, 1.807) is 0 Å². The van der Waals surface area contributed by atoms with Crippen LogP contribution >= 0.6 is 0 Å². The molecule has 1 aromatic heterocycles. The number of hydrogen-bond donors (Lipinski definition) is 1. The summed E-state index contributed by atoms with van der Waals surface area (Å²) in [7, 11) is 0. The Labute approximate surface area is 73.0 Å². The average molecular weight is 165 g/mol. The quantitative estimate of drug-likeness (QED) is 0.680. The van der Waals surface area contributed by atoms with E-state index >= 15 is 0 Å². The van der Waals surface area contributed by atoms with Crippen molar-refractivity contribution >= 4 is 6.29 Å². The summed E-state index contributed by atoms with van der Waals surface area (Å²) >= 11 is 0. The van der Waals surface area contributed by atoms with Gasteiger partial charge in [-0.05, 0) is 24.0 Å². The van der Waals surface area contributed by atoms with E-state index < -0.39 is 0 Å². The van der Waals surface area contributed by atoms with Crippen LogP contribution in [0.3, 0.4) is 0 Å². The Morgan fingerprint density at radius 2 is 2.33 bits per heavy atom. The fourth-order valence-corrected chi connectivity index (χ4v) is 1.20. The number of nitrogens with one attached hydrogen (secondary N) is 1. The monoisotopic (exact) mass is 165 g/mol. The Morgan fingerprint density at radius 1 is 1.58 bits per heavy atom. The van der Waals surface area contributed by atoms with Gasteiger partial charge < -0.3 is 9.78 Å². The second kappa shape index (κ2) is 4.10. The number of aromatic nitrogens is 1. The molecule has 0 aliphatic rings. The van der Waals surface area contributed by atoms with Crippen molar-refractivity contribution in [1.29, 1.82) is 0 Å². The first-order chi connectivity index (χ1) is 5.74. The smallest absolute Gasteiger partial charge is 0.123 e. The molecule has 1 rings (SSSR count). The first kappa shape index (κ1) is 9.04. The number of hydrogen-bond acceptors (Lipinski definition) is 1. The molecule has 0 spiro atoms. The van der Waals surface area contributed by atoms with Gasteiger partial charge in [0.15, 0.2) is 0 Å². The van der Waals surface area contributed by atoms with Gasteiger partial charge in [0.25, 0.3) is 0 Å². The van der Waals surface area contributed by atoms with Crippen molar-refractivity contribution in [2.24, 2.45) is 11.8 Å². The molecule has 12 heavy (non-hydrogen) atoms. The van der Waals surface area contributed by atoms with Crippen molar-refractivity contribution in [3.63, 3.8) is 0 Å². The summed E-state index contributed by atoms with van der Waals surface area (Å²) in [6, 6.07) is 2.01. The van der Waals surface area contributed by atoms with Gasteiger partial charge in [0, 0.05) is 18.3 Å². The van der Waals surface area contributed by atoms with Gasteiger partial charge in [-0.25, -0.2) is 0 Å². The van der Waals surface area contributed by atoms with Crippen LogP contribution < -0.4 is 0 Å². The van der Waals surface area contributed by atoms with Crippen molar-refractivity contribution in [3.8, 4) is 0 Å². The number of rotatable bonds is 4. The van der Waals surface area contributed by atoms with Crippen LogP contribution in [0.2, 0.25) is 0 Å². The highest BCUT2D eigenvalue weighted by Crippen LogP contribution is 2.14. The highest BCUT2D eigenvalue weighted by Gasteiger charge is 2.12. The molecule has 0 aliphatic carbocycles. The molecule has 1 aromatic rings. The van der Waals surface area contributed by atoms with Gasteiger partial charge in [-0.15, -0.1) is 0 Å². The van der Waals surface area contributed by atoms with Gasteiger partial charge in [0.2, 0.25) is 0 Å². The zero-order valence-corrected chi connectivity index (χ0v) is 7.58. The van der Waals surface area contributed by atoms with Crippen LogP contribution in [0.25, 0.3) is 0 Å². The number of H-pyrrole nitrogens is 1.